The third-order valence-electron chi connectivity index (χ3n) is 4.66. The summed E-state index contributed by atoms with van der Waals surface area (Å²) in [5, 5.41) is 11.6. The van der Waals surface area contributed by atoms with Gasteiger partial charge in [-0.2, -0.15) is 0 Å². The van der Waals surface area contributed by atoms with Crippen molar-refractivity contribution in [2.45, 2.75) is 26.2 Å². The molecule has 0 unspecified atom stereocenters. The van der Waals surface area contributed by atoms with Gasteiger partial charge in [-0.15, -0.1) is 0 Å². The van der Waals surface area contributed by atoms with Crippen molar-refractivity contribution in [3.8, 4) is 11.5 Å². The van der Waals surface area contributed by atoms with Gasteiger partial charge >= 0.3 is 5.69 Å². The first kappa shape index (κ1) is 22.4. The normalized spacial score (nSPS) is 11.5. The minimum absolute atomic E-state index is 0.00573. The highest BCUT2D eigenvalue weighted by Gasteiger charge is 2.18. The average Bonchev–Trinajstić information content (AvgIpc) is 2.72. The number of nitro groups is 1. The Labute approximate surface area is 189 Å². The molecule has 3 aromatic rings. The number of rotatable bonds is 6. The molecule has 0 radical (unpaired) electrons. The summed E-state index contributed by atoms with van der Waals surface area (Å²) in [5.41, 5.74) is 2.04. The molecule has 6 heteroatoms. The van der Waals surface area contributed by atoms with E-state index in [-0.39, 0.29) is 22.6 Å². The van der Waals surface area contributed by atoms with Crippen LogP contribution in [0.4, 0.5) is 5.69 Å². The number of benzene rings is 3. The molecular weight excluding hydrogens is 458 g/mol. The van der Waals surface area contributed by atoms with Crippen LogP contribution >= 0.6 is 15.9 Å². The van der Waals surface area contributed by atoms with E-state index in [0.29, 0.717) is 16.9 Å². The zero-order chi connectivity index (χ0) is 22.6. The van der Waals surface area contributed by atoms with Crippen LogP contribution in [0.3, 0.4) is 0 Å². The lowest BCUT2D eigenvalue weighted by Gasteiger charge is -2.19. The third kappa shape index (κ3) is 5.89. The number of allylic oxidation sites excluding steroid dienone is 1. The molecule has 0 saturated heterocycles. The van der Waals surface area contributed by atoms with E-state index in [2.05, 4.69) is 36.7 Å². The molecular formula is C25H22BrNO4. The van der Waals surface area contributed by atoms with Gasteiger partial charge in [0.25, 0.3) is 0 Å². The van der Waals surface area contributed by atoms with Crippen molar-refractivity contribution < 1.29 is 14.5 Å². The molecule has 0 fully saturated rings. The molecule has 0 aliphatic rings. The third-order valence-corrected chi connectivity index (χ3v) is 5.16. The average molecular weight is 480 g/mol. The summed E-state index contributed by atoms with van der Waals surface area (Å²) in [4.78, 5) is 23.4. The van der Waals surface area contributed by atoms with Gasteiger partial charge in [-0.3, -0.25) is 14.9 Å². The molecule has 0 heterocycles. The van der Waals surface area contributed by atoms with Crippen LogP contribution < -0.4 is 4.74 Å². The van der Waals surface area contributed by atoms with Gasteiger partial charge in [-0.1, -0.05) is 73.1 Å². The van der Waals surface area contributed by atoms with E-state index in [4.69, 9.17) is 4.74 Å². The summed E-state index contributed by atoms with van der Waals surface area (Å²) in [7, 11) is 0. The molecule has 0 bridgehead atoms. The SMILES string of the molecule is CC(C)(C)c1ccc(Oc2ccc(/C=C/C(=O)c3cccc(Br)c3)cc2[N+](=O)[O-])cc1. The Hall–Kier alpha value is -3.25. The number of hydrogen-bond acceptors (Lipinski definition) is 4. The fraction of sp³-hybridized carbons (Fsp3) is 0.160. The lowest BCUT2D eigenvalue weighted by Crippen LogP contribution is -2.10. The molecule has 5 nitrogen and oxygen atoms in total. The Balaban J connectivity index is 1.81. The van der Waals surface area contributed by atoms with Gasteiger partial charge < -0.3 is 4.74 Å². The van der Waals surface area contributed by atoms with E-state index in [1.54, 1.807) is 48.5 Å². The predicted molar refractivity (Wildman–Crippen MR) is 126 cm³/mol. The molecule has 0 amide bonds. The Morgan fingerprint density at radius 2 is 1.74 bits per heavy atom. The van der Waals surface area contributed by atoms with Gasteiger partial charge in [-0.25, -0.2) is 0 Å². The van der Waals surface area contributed by atoms with Crippen molar-refractivity contribution in [3.05, 3.63) is 104 Å². The van der Waals surface area contributed by atoms with Crippen molar-refractivity contribution >= 4 is 33.5 Å². The minimum Gasteiger partial charge on any atom is -0.450 e. The van der Waals surface area contributed by atoms with Crippen molar-refractivity contribution in [2.75, 3.05) is 0 Å². The second kappa shape index (κ2) is 9.27. The molecule has 3 rings (SSSR count). The highest BCUT2D eigenvalue weighted by atomic mass is 79.9. The maximum absolute atomic E-state index is 12.3. The van der Waals surface area contributed by atoms with Crippen LogP contribution in [-0.2, 0) is 5.41 Å². The lowest BCUT2D eigenvalue weighted by molar-refractivity contribution is -0.385. The van der Waals surface area contributed by atoms with Crippen LogP contribution in [0.15, 0.2) is 77.3 Å². The quantitative estimate of drug-likeness (QED) is 0.160. The highest BCUT2D eigenvalue weighted by molar-refractivity contribution is 9.10. The second-order valence-corrected chi connectivity index (χ2v) is 8.98. The van der Waals surface area contributed by atoms with Gasteiger partial charge in [-0.05, 0) is 52.9 Å². The molecule has 0 saturated carbocycles. The first-order chi connectivity index (χ1) is 14.6. The number of nitrogens with zero attached hydrogens (tertiary/aromatic N) is 1. The number of ether oxygens (including phenoxy) is 1. The maximum atomic E-state index is 12.3. The van der Waals surface area contributed by atoms with Gasteiger partial charge in [0.1, 0.15) is 5.75 Å². The number of halogens is 1. The fourth-order valence-corrected chi connectivity index (χ4v) is 3.33. The van der Waals surface area contributed by atoms with E-state index in [1.807, 2.05) is 18.2 Å². The molecule has 0 spiro atoms. The van der Waals surface area contributed by atoms with Gasteiger partial charge in [0.15, 0.2) is 5.78 Å². The number of carbonyl (C=O) groups excluding carboxylic acids is 1. The van der Waals surface area contributed by atoms with E-state index in [0.717, 1.165) is 10.0 Å². The smallest absolute Gasteiger partial charge is 0.312 e. The van der Waals surface area contributed by atoms with Crippen LogP contribution in [-0.4, -0.2) is 10.7 Å². The van der Waals surface area contributed by atoms with Gasteiger partial charge in [0.2, 0.25) is 5.75 Å². The van der Waals surface area contributed by atoms with Crippen molar-refractivity contribution in [1.82, 2.24) is 0 Å². The Kier molecular flexibility index (Phi) is 6.71. The Morgan fingerprint density at radius 1 is 1.03 bits per heavy atom. The summed E-state index contributed by atoms with van der Waals surface area (Å²) in [6.07, 6.45) is 2.95. The maximum Gasteiger partial charge on any atom is 0.312 e. The van der Waals surface area contributed by atoms with Crippen LogP contribution in [0.25, 0.3) is 6.08 Å². The van der Waals surface area contributed by atoms with Crippen LogP contribution in [0, 0.1) is 10.1 Å². The molecule has 0 aromatic heterocycles. The zero-order valence-electron chi connectivity index (χ0n) is 17.5. The molecule has 158 valence electrons. The Bertz CT molecular complexity index is 1140. The molecule has 0 atom stereocenters. The number of ketones is 1. The predicted octanol–water partition coefficient (Wildman–Crippen LogP) is 7.34. The topological polar surface area (TPSA) is 69.4 Å². The molecule has 3 aromatic carbocycles. The van der Waals surface area contributed by atoms with Crippen LogP contribution in [0.5, 0.6) is 11.5 Å². The van der Waals surface area contributed by atoms with Gasteiger partial charge in [0, 0.05) is 16.1 Å². The number of nitro benzene ring substituents is 1. The van der Waals surface area contributed by atoms with Crippen molar-refractivity contribution in [1.29, 1.82) is 0 Å². The first-order valence-corrected chi connectivity index (χ1v) is 10.5. The molecule has 0 N–H and O–H groups in total. The highest BCUT2D eigenvalue weighted by Crippen LogP contribution is 2.33. The van der Waals surface area contributed by atoms with E-state index >= 15 is 0 Å². The summed E-state index contributed by atoms with van der Waals surface area (Å²) in [6.45, 7) is 6.34. The number of hydrogen-bond donors (Lipinski definition) is 0. The molecule has 0 aliphatic carbocycles. The van der Waals surface area contributed by atoms with E-state index in [1.165, 1.54) is 12.1 Å². The molecule has 31 heavy (non-hydrogen) atoms. The van der Waals surface area contributed by atoms with E-state index in [9.17, 15) is 14.9 Å². The summed E-state index contributed by atoms with van der Waals surface area (Å²) < 4.78 is 6.57. The van der Waals surface area contributed by atoms with Crippen molar-refractivity contribution in [2.24, 2.45) is 0 Å². The van der Waals surface area contributed by atoms with Crippen molar-refractivity contribution in [3.63, 3.8) is 0 Å². The molecule has 0 aliphatic heterocycles. The first-order valence-electron chi connectivity index (χ1n) is 9.68. The standard InChI is InChI=1S/C25H22BrNO4/c1-25(2,3)19-9-11-21(12-10-19)31-24-14-8-17(15-22(24)27(29)30)7-13-23(28)18-5-4-6-20(26)16-18/h4-16H,1-3H3/b13-7+. The number of carbonyl (C=O) groups is 1. The Morgan fingerprint density at radius 3 is 2.35 bits per heavy atom. The second-order valence-electron chi connectivity index (χ2n) is 8.07. The zero-order valence-corrected chi connectivity index (χ0v) is 19.0. The summed E-state index contributed by atoms with van der Waals surface area (Å²) >= 11 is 3.34. The van der Waals surface area contributed by atoms with Crippen LogP contribution in [0.2, 0.25) is 0 Å². The monoisotopic (exact) mass is 479 g/mol. The largest absolute Gasteiger partial charge is 0.450 e. The van der Waals surface area contributed by atoms with Gasteiger partial charge in [0.05, 0.1) is 4.92 Å². The fourth-order valence-electron chi connectivity index (χ4n) is 2.93. The van der Waals surface area contributed by atoms with Crippen LogP contribution in [0.1, 0.15) is 42.3 Å². The summed E-state index contributed by atoms with van der Waals surface area (Å²) in [5.74, 6) is 0.469. The summed E-state index contributed by atoms with van der Waals surface area (Å²) in [6, 6.07) is 19.1. The van der Waals surface area contributed by atoms with E-state index < -0.39 is 4.92 Å². The minimum atomic E-state index is -0.494. The lowest BCUT2D eigenvalue weighted by atomic mass is 9.87.